The van der Waals surface area contributed by atoms with Crippen LogP contribution in [0.5, 0.6) is 5.75 Å². The molecule has 0 radical (unpaired) electrons. The smallest absolute Gasteiger partial charge is 0.232 e. The second kappa shape index (κ2) is 7.53. The lowest BCUT2D eigenvalue weighted by Crippen LogP contribution is -2.15. The molecular formula is C25H27NO3. The van der Waals surface area contributed by atoms with Gasteiger partial charge in [0.1, 0.15) is 5.75 Å². The molecule has 4 rings (SSSR count). The average Bonchev–Trinajstić information content (AvgIpc) is 3.15. The molecule has 29 heavy (non-hydrogen) atoms. The fourth-order valence-corrected chi connectivity index (χ4v) is 3.74. The van der Waals surface area contributed by atoms with Crippen molar-refractivity contribution < 1.29 is 14.7 Å². The highest BCUT2D eigenvalue weighted by atomic mass is 16.8. The Kier molecular flexibility index (Phi) is 5.05. The van der Waals surface area contributed by atoms with Gasteiger partial charge in [0.05, 0.1) is 12.1 Å². The molecule has 0 aromatic heterocycles. The normalized spacial score (nSPS) is 16.7. The standard InChI is InChI=1S/C25H27NO3/c1-5-28-23-15-22(26-29-23)21-14-17(25(2,3)4)13-20(24(21)27)19-12-8-10-16-9-6-7-11-18(16)19/h6-14,23,27H,5,15H2,1-4H3. The zero-order chi connectivity index (χ0) is 20.6. The number of ether oxygens (including phenoxy) is 1. The second-order valence-electron chi connectivity index (χ2n) is 8.43. The number of phenols is 1. The summed E-state index contributed by atoms with van der Waals surface area (Å²) in [5.74, 6) is 0.230. The third kappa shape index (κ3) is 3.73. The number of nitrogens with zero attached hydrogens (tertiary/aromatic N) is 1. The molecule has 4 nitrogen and oxygen atoms in total. The van der Waals surface area contributed by atoms with E-state index < -0.39 is 6.29 Å². The van der Waals surface area contributed by atoms with Crippen LogP contribution < -0.4 is 0 Å². The van der Waals surface area contributed by atoms with Crippen molar-refractivity contribution in [3.05, 3.63) is 65.7 Å². The molecule has 3 aromatic rings. The number of aromatic hydroxyl groups is 1. The first-order valence-corrected chi connectivity index (χ1v) is 10.1. The van der Waals surface area contributed by atoms with Gasteiger partial charge in [0.2, 0.25) is 6.29 Å². The quantitative estimate of drug-likeness (QED) is 0.596. The number of fused-ring (bicyclic) bond motifs is 1. The van der Waals surface area contributed by atoms with Crippen molar-refractivity contribution in [3.63, 3.8) is 0 Å². The lowest BCUT2D eigenvalue weighted by atomic mass is 9.82. The van der Waals surface area contributed by atoms with E-state index in [1.165, 1.54) is 0 Å². The van der Waals surface area contributed by atoms with Gasteiger partial charge in [-0.2, -0.15) is 0 Å². The van der Waals surface area contributed by atoms with Gasteiger partial charge in [-0.25, -0.2) is 0 Å². The van der Waals surface area contributed by atoms with Crippen LogP contribution in [0.1, 0.15) is 45.2 Å². The van der Waals surface area contributed by atoms with E-state index in [0.717, 1.165) is 27.5 Å². The van der Waals surface area contributed by atoms with Crippen LogP contribution in [0.2, 0.25) is 0 Å². The highest BCUT2D eigenvalue weighted by molar-refractivity contribution is 6.07. The fraction of sp³-hybridized carbons (Fsp3) is 0.320. The largest absolute Gasteiger partial charge is 0.507 e. The minimum atomic E-state index is -0.395. The van der Waals surface area contributed by atoms with Gasteiger partial charge in [-0.3, -0.25) is 0 Å². The Labute approximate surface area is 171 Å². The Bertz CT molecular complexity index is 1070. The van der Waals surface area contributed by atoms with Crippen LogP contribution in [0, 0.1) is 0 Å². The van der Waals surface area contributed by atoms with E-state index in [-0.39, 0.29) is 11.2 Å². The summed E-state index contributed by atoms with van der Waals surface area (Å²) in [7, 11) is 0. The van der Waals surface area contributed by atoms with Gasteiger partial charge in [-0.1, -0.05) is 68.4 Å². The molecular weight excluding hydrogens is 362 g/mol. The molecule has 0 amide bonds. The molecule has 1 N–H and O–H groups in total. The first-order chi connectivity index (χ1) is 13.9. The summed E-state index contributed by atoms with van der Waals surface area (Å²) in [6.45, 7) is 9.00. The lowest BCUT2D eigenvalue weighted by Gasteiger charge is -2.23. The number of benzene rings is 3. The first kappa shape index (κ1) is 19.5. The lowest BCUT2D eigenvalue weighted by molar-refractivity contribution is -0.120. The van der Waals surface area contributed by atoms with E-state index in [1.807, 2.05) is 31.2 Å². The van der Waals surface area contributed by atoms with Crippen molar-refractivity contribution in [1.29, 1.82) is 0 Å². The number of phenolic OH excluding ortho intramolecular Hbond substituents is 1. The van der Waals surface area contributed by atoms with Crippen LogP contribution in [0.25, 0.3) is 21.9 Å². The van der Waals surface area contributed by atoms with Gasteiger partial charge in [-0.05, 0) is 46.4 Å². The van der Waals surface area contributed by atoms with Crippen molar-refractivity contribution in [2.24, 2.45) is 5.16 Å². The fourth-order valence-electron chi connectivity index (χ4n) is 3.74. The zero-order valence-electron chi connectivity index (χ0n) is 17.4. The summed E-state index contributed by atoms with van der Waals surface area (Å²) in [5, 5.41) is 17.8. The topological polar surface area (TPSA) is 51.0 Å². The minimum Gasteiger partial charge on any atom is -0.507 e. The molecule has 1 heterocycles. The average molecular weight is 389 g/mol. The summed E-state index contributed by atoms with van der Waals surface area (Å²) < 4.78 is 5.55. The van der Waals surface area contributed by atoms with Crippen LogP contribution in [0.4, 0.5) is 0 Å². The third-order valence-electron chi connectivity index (χ3n) is 5.36. The van der Waals surface area contributed by atoms with Gasteiger partial charge in [-0.15, -0.1) is 0 Å². The molecule has 0 saturated carbocycles. The molecule has 3 aromatic carbocycles. The summed E-state index contributed by atoms with van der Waals surface area (Å²) >= 11 is 0. The highest BCUT2D eigenvalue weighted by Crippen LogP contribution is 2.41. The number of rotatable bonds is 4. The first-order valence-electron chi connectivity index (χ1n) is 10.1. The molecule has 1 atom stereocenters. The predicted molar refractivity (Wildman–Crippen MR) is 117 cm³/mol. The molecule has 0 bridgehead atoms. The Hall–Kier alpha value is -2.85. The van der Waals surface area contributed by atoms with Crippen molar-refractivity contribution in [2.45, 2.75) is 45.8 Å². The Morgan fingerprint density at radius 3 is 2.52 bits per heavy atom. The van der Waals surface area contributed by atoms with Crippen LogP contribution in [-0.2, 0) is 15.0 Å². The maximum Gasteiger partial charge on any atom is 0.232 e. The Balaban J connectivity index is 1.91. The van der Waals surface area contributed by atoms with Crippen molar-refractivity contribution in [3.8, 4) is 16.9 Å². The molecule has 4 heteroatoms. The van der Waals surface area contributed by atoms with E-state index in [9.17, 15) is 5.11 Å². The minimum absolute atomic E-state index is 0.0822. The summed E-state index contributed by atoms with van der Waals surface area (Å²) in [6.07, 6.45) is 0.123. The third-order valence-corrected chi connectivity index (χ3v) is 5.36. The second-order valence-corrected chi connectivity index (χ2v) is 8.43. The molecule has 0 spiro atoms. The zero-order valence-corrected chi connectivity index (χ0v) is 17.4. The molecule has 0 fully saturated rings. The van der Waals surface area contributed by atoms with Gasteiger partial charge >= 0.3 is 0 Å². The van der Waals surface area contributed by atoms with Crippen molar-refractivity contribution in [1.82, 2.24) is 0 Å². The summed E-state index contributed by atoms with van der Waals surface area (Å²) in [6, 6.07) is 18.5. The monoisotopic (exact) mass is 389 g/mol. The molecule has 0 aliphatic carbocycles. The van der Waals surface area contributed by atoms with E-state index in [0.29, 0.717) is 24.3 Å². The van der Waals surface area contributed by atoms with Gasteiger partial charge in [0.15, 0.2) is 0 Å². The molecule has 1 aliphatic heterocycles. The summed E-state index contributed by atoms with van der Waals surface area (Å²) in [4.78, 5) is 5.41. The number of hydrogen-bond donors (Lipinski definition) is 1. The Morgan fingerprint density at radius 2 is 1.76 bits per heavy atom. The molecule has 1 aliphatic rings. The van der Waals surface area contributed by atoms with Crippen molar-refractivity contribution in [2.75, 3.05) is 6.61 Å². The van der Waals surface area contributed by atoms with Crippen LogP contribution >= 0.6 is 0 Å². The highest BCUT2D eigenvalue weighted by Gasteiger charge is 2.28. The number of hydrogen-bond acceptors (Lipinski definition) is 4. The van der Waals surface area contributed by atoms with Gasteiger partial charge in [0, 0.05) is 17.7 Å². The SMILES string of the molecule is CCOC1CC(c2cc(C(C)(C)C)cc(-c3cccc4ccccc34)c2O)=NO1. The molecule has 150 valence electrons. The maximum absolute atomic E-state index is 11.3. The van der Waals surface area contributed by atoms with E-state index >= 15 is 0 Å². The van der Waals surface area contributed by atoms with Crippen LogP contribution in [0.3, 0.4) is 0 Å². The number of oxime groups is 1. The predicted octanol–water partition coefficient (Wildman–Crippen LogP) is 6.00. The molecule has 0 saturated heterocycles. The van der Waals surface area contributed by atoms with E-state index in [2.05, 4.69) is 56.3 Å². The van der Waals surface area contributed by atoms with E-state index in [1.54, 1.807) is 0 Å². The van der Waals surface area contributed by atoms with Crippen LogP contribution in [-0.4, -0.2) is 23.7 Å². The Morgan fingerprint density at radius 1 is 1.03 bits per heavy atom. The van der Waals surface area contributed by atoms with Crippen LogP contribution in [0.15, 0.2) is 59.8 Å². The summed E-state index contributed by atoms with van der Waals surface area (Å²) in [5.41, 5.74) is 4.30. The molecule has 1 unspecified atom stereocenters. The maximum atomic E-state index is 11.3. The van der Waals surface area contributed by atoms with Crippen molar-refractivity contribution >= 4 is 16.5 Å². The van der Waals surface area contributed by atoms with Gasteiger partial charge < -0.3 is 14.7 Å². The van der Waals surface area contributed by atoms with E-state index in [4.69, 9.17) is 9.57 Å². The van der Waals surface area contributed by atoms with Gasteiger partial charge in [0.25, 0.3) is 0 Å².